The third kappa shape index (κ3) is 2.61. The molecule has 0 saturated carbocycles. The van der Waals surface area contributed by atoms with Crippen molar-refractivity contribution in [3.05, 3.63) is 64.1 Å². The second kappa shape index (κ2) is 5.37. The van der Waals surface area contributed by atoms with Crippen LogP contribution in [0.3, 0.4) is 0 Å². The van der Waals surface area contributed by atoms with E-state index in [0.29, 0.717) is 0 Å². The fraction of sp³-hybridized carbons (Fsp3) is 0.188. The Morgan fingerprint density at radius 2 is 1.85 bits per heavy atom. The minimum atomic E-state index is -0.193. The van der Waals surface area contributed by atoms with Gasteiger partial charge in [-0.15, -0.1) is 0 Å². The first-order chi connectivity index (χ1) is 9.63. The molecule has 0 N–H and O–H groups in total. The summed E-state index contributed by atoms with van der Waals surface area (Å²) >= 11 is 3.46. The molecule has 3 aromatic rings. The predicted octanol–water partition coefficient (Wildman–Crippen LogP) is 4.26. The number of hydrogen-bond donors (Lipinski definition) is 0. The van der Waals surface area contributed by atoms with E-state index < -0.39 is 0 Å². The molecule has 20 heavy (non-hydrogen) atoms. The van der Waals surface area contributed by atoms with E-state index in [-0.39, 0.29) is 5.82 Å². The monoisotopic (exact) mass is 332 g/mol. The molecule has 0 amide bonds. The van der Waals surface area contributed by atoms with E-state index in [4.69, 9.17) is 0 Å². The standard InChI is InChI=1S/C16H14BrFN2/c1-20-15-8-5-12(17)10-14(15)19-16(20)9-4-11-2-6-13(18)7-3-11/h2-3,5-8,10H,4,9H2,1H3. The van der Waals surface area contributed by atoms with Crippen LogP contribution in [0.5, 0.6) is 0 Å². The first kappa shape index (κ1) is 13.3. The zero-order chi connectivity index (χ0) is 14.1. The van der Waals surface area contributed by atoms with Gasteiger partial charge >= 0.3 is 0 Å². The van der Waals surface area contributed by atoms with Gasteiger partial charge in [-0.05, 0) is 42.3 Å². The lowest BCUT2D eigenvalue weighted by atomic mass is 10.1. The van der Waals surface area contributed by atoms with Gasteiger partial charge in [0.2, 0.25) is 0 Å². The fourth-order valence-corrected chi connectivity index (χ4v) is 2.70. The molecule has 1 aromatic heterocycles. The van der Waals surface area contributed by atoms with Crippen LogP contribution in [-0.4, -0.2) is 9.55 Å². The smallest absolute Gasteiger partial charge is 0.123 e. The molecule has 1 heterocycles. The van der Waals surface area contributed by atoms with Gasteiger partial charge in [-0.3, -0.25) is 0 Å². The summed E-state index contributed by atoms with van der Waals surface area (Å²) < 4.78 is 16.0. The summed E-state index contributed by atoms with van der Waals surface area (Å²) in [5.74, 6) is 0.851. The molecule has 2 nitrogen and oxygen atoms in total. The van der Waals surface area contributed by atoms with Gasteiger partial charge in [-0.25, -0.2) is 9.37 Å². The first-order valence-corrected chi connectivity index (χ1v) is 7.28. The van der Waals surface area contributed by atoms with Crippen molar-refractivity contribution in [2.75, 3.05) is 0 Å². The van der Waals surface area contributed by atoms with Crippen molar-refractivity contribution in [2.24, 2.45) is 7.05 Å². The van der Waals surface area contributed by atoms with Crippen molar-refractivity contribution in [2.45, 2.75) is 12.8 Å². The lowest BCUT2D eigenvalue weighted by Crippen LogP contribution is -2.00. The molecule has 102 valence electrons. The maximum absolute atomic E-state index is 12.9. The summed E-state index contributed by atoms with van der Waals surface area (Å²) in [7, 11) is 2.03. The number of nitrogens with zero attached hydrogens (tertiary/aromatic N) is 2. The Kier molecular flexibility index (Phi) is 3.57. The highest BCUT2D eigenvalue weighted by Crippen LogP contribution is 2.20. The van der Waals surface area contributed by atoms with E-state index in [9.17, 15) is 4.39 Å². The molecule has 3 rings (SSSR count). The van der Waals surface area contributed by atoms with Crippen LogP contribution in [0, 0.1) is 5.82 Å². The molecule has 0 aliphatic heterocycles. The Labute approximate surface area is 125 Å². The Morgan fingerprint density at radius 1 is 1.10 bits per heavy atom. The summed E-state index contributed by atoms with van der Waals surface area (Å²) in [5, 5.41) is 0. The first-order valence-electron chi connectivity index (χ1n) is 6.49. The second-order valence-corrected chi connectivity index (χ2v) is 5.76. The summed E-state index contributed by atoms with van der Waals surface area (Å²) in [6.07, 6.45) is 1.70. The van der Waals surface area contributed by atoms with Gasteiger partial charge in [0.15, 0.2) is 0 Å². The Morgan fingerprint density at radius 3 is 2.60 bits per heavy atom. The number of rotatable bonds is 3. The molecule has 4 heteroatoms. The quantitative estimate of drug-likeness (QED) is 0.700. The molecular weight excluding hydrogens is 319 g/mol. The van der Waals surface area contributed by atoms with Gasteiger partial charge in [-0.1, -0.05) is 28.1 Å². The number of fused-ring (bicyclic) bond motifs is 1. The maximum Gasteiger partial charge on any atom is 0.123 e. The summed E-state index contributed by atoms with van der Waals surface area (Å²) in [5.41, 5.74) is 3.25. The van der Waals surface area contributed by atoms with Crippen molar-refractivity contribution in [1.82, 2.24) is 9.55 Å². The molecule has 0 radical (unpaired) electrons. The Hall–Kier alpha value is -1.68. The number of imidazole rings is 1. The zero-order valence-corrected chi connectivity index (χ0v) is 12.7. The lowest BCUT2D eigenvalue weighted by Gasteiger charge is -2.03. The highest BCUT2D eigenvalue weighted by atomic mass is 79.9. The second-order valence-electron chi connectivity index (χ2n) is 4.85. The minimum Gasteiger partial charge on any atom is -0.331 e. The lowest BCUT2D eigenvalue weighted by molar-refractivity contribution is 0.626. The minimum absolute atomic E-state index is 0.193. The molecule has 0 atom stereocenters. The molecule has 0 aliphatic carbocycles. The van der Waals surface area contributed by atoms with Gasteiger partial charge in [0.1, 0.15) is 11.6 Å². The number of aromatic nitrogens is 2. The normalized spacial score (nSPS) is 11.2. The maximum atomic E-state index is 12.9. The number of aryl methyl sites for hydroxylation is 3. The molecule has 0 fully saturated rings. The van der Waals surface area contributed by atoms with Crippen LogP contribution < -0.4 is 0 Å². The fourth-order valence-electron chi connectivity index (χ4n) is 2.35. The van der Waals surface area contributed by atoms with Gasteiger partial charge in [0, 0.05) is 17.9 Å². The van der Waals surface area contributed by atoms with Crippen LogP contribution >= 0.6 is 15.9 Å². The summed E-state index contributed by atoms with van der Waals surface area (Å²) in [6.45, 7) is 0. The zero-order valence-electron chi connectivity index (χ0n) is 11.1. The summed E-state index contributed by atoms with van der Waals surface area (Å²) in [6, 6.07) is 12.8. The molecular formula is C16H14BrFN2. The highest BCUT2D eigenvalue weighted by molar-refractivity contribution is 9.10. The van der Waals surface area contributed by atoms with E-state index in [1.165, 1.54) is 12.1 Å². The van der Waals surface area contributed by atoms with Gasteiger partial charge in [0.25, 0.3) is 0 Å². The topological polar surface area (TPSA) is 17.8 Å². The molecule has 0 aliphatic rings. The van der Waals surface area contributed by atoms with E-state index in [2.05, 4.69) is 31.5 Å². The van der Waals surface area contributed by atoms with Crippen LogP contribution in [0.1, 0.15) is 11.4 Å². The third-order valence-corrected chi connectivity index (χ3v) is 3.98. The van der Waals surface area contributed by atoms with E-state index in [1.54, 1.807) is 0 Å². The van der Waals surface area contributed by atoms with Crippen molar-refractivity contribution in [3.8, 4) is 0 Å². The van der Waals surface area contributed by atoms with Gasteiger partial charge < -0.3 is 4.57 Å². The van der Waals surface area contributed by atoms with E-state index in [1.807, 2.05) is 31.3 Å². The number of halogens is 2. The molecule has 0 bridgehead atoms. The van der Waals surface area contributed by atoms with Crippen LogP contribution in [0.4, 0.5) is 4.39 Å². The Balaban J connectivity index is 1.84. The SMILES string of the molecule is Cn1c(CCc2ccc(F)cc2)nc2cc(Br)ccc21. The van der Waals surface area contributed by atoms with Crippen LogP contribution in [0.2, 0.25) is 0 Å². The summed E-state index contributed by atoms with van der Waals surface area (Å²) in [4.78, 5) is 4.66. The molecule has 0 saturated heterocycles. The van der Waals surface area contributed by atoms with E-state index in [0.717, 1.165) is 39.7 Å². The average molecular weight is 333 g/mol. The van der Waals surface area contributed by atoms with Crippen molar-refractivity contribution >= 4 is 27.0 Å². The van der Waals surface area contributed by atoms with E-state index >= 15 is 0 Å². The van der Waals surface area contributed by atoms with Crippen molar-refractivity contribution in [1.29, 1.82) is 0 Å². The number of hydrogen-bond acceptors (Lipinski definition) is 1. The number of benzene rings is 2. The van der Waals surface area contributed by atoms with Crippen molar-refractivity contribution < 1.29 is 4.39 Å². The van der Waals surface area contributed by atoms with Gasteiger partial charge in [0.05, 0.1) is 11.0 Å². The third-order valence-electron chi connectivity index (χ3n) is 3.49. The van der Waals surface area contributed by atoms with Crippen LogP contribution in [-0.2, 0) is 19.9 Å². The molecule has 0 spiro atoms. The highest BCUT2D eigenvalue weighted by Gasteiger charge is 2.08. The average Bonchev–Trinajstić information content (AvgIpc) is 2.74. The van der Waals surface area contributed by atoms with Crippen LogP contribution in [0.15, 0.2) is 46.9 Å². The van der Waals surface area contributed by atoms with Gasteiger partial charge in [-0.2, -0.15) is 0 Å². The molecule has 0 unspecified atom stereocenters. The predicted molar refractivity (Wildman–Crippen MR) is 82.2 cm³/mol. The van der Waals surface area contributed by atoms with Crippen LogP contribution in [0.25, 0.3) is 11.0 Å². The largest absolute Gasteiger partial charge is 0.331 e. The molecule has 2 aromatic carbocycles. The Bertz CT molecular complexity index is 747. The van der Waals surface area contributed by atoms with Crippen molar-refractivity contribution in [3.63, 3.8) is 0 Å².